The summed E-state index contributed by atoms with van der Waals surface area (Å²) in [5.74, 6) is 2.08. The van der Waals surface area contributed by atoms with E-state index in [0.29, 0.717) is 30.2 Å². The molecule has 22 heavy (non-hydrogen) atoms. The average molecular weight is 329 g/mol. The van der Waals surface area contributed by atoms with Crippen molar-refractivity contribution < 1.29 is 4.79 Å². The summed E-state index contributed by atoms with van der Waals surface area (Å²) in [6.07, 6.45) is 5.51. The highest BCUT2D eigenvalue weighted by atomic mass is 35.5. The van der Waals surface area contributed by atoms with Crippen LogP contribution in [0, 0.1) is 17.8 Å². The summed E-state index contributed by atoms with van der Waals surface area (Å²) in [6.45, 7) is 0.459. The third-order valence-corrected chi connectivity index (χ3v) is 5.22. The number of rotatable bonds is 3. The van der Waals surface area contributed by atoms with Crippen molar-refractivity contribution in [2.24, 2.45) is 30.5 Å². The van der Waals surface area contributed by atoms with Gasteiger partial charge < -0.3 is 10.6 Å². The minimum atomic E-state index is 0. The summed E-state index contributed by atoms with van der Waals surface area (Å²) >= 11 is 0. The van der Waals surface area contributed by atoms with E-state index in [2.05, 4.69) is 15.5 Å². The standard InChI is InChI=1S/C14H24N6O.ClH/c1-19(8-12-16-17-18-20(12)2)14(21)11-6-9-4-3-5-10(7-11)13(9)15;/h9-11,13H,3-8,15H2,1-2H3;1H. The minimum Gasteiger partial charge on any atom is -0.338 e. The van der Waals surface area contributed by atoms with E-state index in [9.17, 15) is 4.79 Å². The molecule has 8 heteroatoms. The van der Waals surface area contributed by atoms with Gasteiger partial charge in [0, 0.05) is 26.1 Å². The highest BCUT2D eigenvalue weighted by Gasteiger charge is 2.41. The lowest BCUT2D eigenvalue weighted by Gasteiger charge is -2.44. The van der Waals surface area contributed by atoms with E-state index in [1.807, 2.05) is 7.05 Å². The van der Waals surface area contributed by atoms with Crippen LogP contribution in [0.2, 0.25) is 0 Å². The van der Waals surface area contributed by atoms with E-state index in [-0.39, 0.29) is 24.2 Å². The van der Waals surface area contributed by atoms with Gasteiger partial charge in [-0.05, 0) is 47.9 Å². The number of carbonyl (C=O) groups excluding carboxylic acids is 1. The lowest BCUT2D eigenvalue weighted by molar-refractivity contribution is -0.138. The number of aromatic nitrogens is 4. The van der Waals surface area contributed by atoms with Gasteiger partial charge in [0.2, 0.25) is 5.91 Å². The minimum absolute atomic E-state index is 0. The van der Waals surface area contributed by atoms with Gasteiger partial charge in [-0.25, -0.2) is 4.68 Å². The van der Waals surface area contributed by atoms with Crippen LogP contribution in [0.5, 0.6) is 0 Å². The lowest BCUT2D eigenvalue weighted by Crippen LogP contribution is -2.49. The molecule has 1 aromatic rings. The molecule has 1 aromatic heterocycles. The van der Waals surface area contributed by atoms with Crippen LogP contribution >= 0.6 is 12.4 Å². The van der Waals surface area contributed by atoms with Crippen LogP contribution in [0.3, 0.4) is 0 Å². The molecule has 124 valence electrons. The Bertz CT molecular complexity index is 507. The van der Waals surface area contributed by atoms with Gasteiger partial charge in [-0.1, -0.05) is 6.42 Å². The molecule has 2 N–H and O–H groups in total. The van der Waals surface area contributed by atoms with Crippen molar-refractivity contribution in [3.05, 3.63) is 5.82 Å². The summed E-state index contributed by atoms with van der Waals surface area (Å²) < 4.78 is 1.61. The number of hydrogen-bond donors (Lipinski definition) is 1. The summed E-state index contributed by atoms with van der Waals surface area (Å²) in [4.78, 5) is 14.4. The molecule has 2 saturated carbocycles. The highest BCUT2D eigenvalue weighted by molar-refractivity contribution is 5.85. The van der Waals surface area contributed by atoms with Gasteiger partial charge in [0.1, 0.15) is 0 Å². The summed E-state index contributed by atoms with van der Waals surface area (Å²) in [6, 6.07) is 0.302. The SMILES string of the molecule is CN(Cc1nnnn1C)C(=O)C1CC2CCCC(C1)C2N.Cl. The van der Waals surface area contributed by atoms with Gasteiger partial charge >= 0.3 is 0 Å². The molecule has 2 bridgehead atoms. The van der Waals surface area contributed by atoms with Gasteiger partial charge in [-0.2, -0.15) is 0 Å². The zero-order valence-corrected chi connectivity index (χ0v) is 14.0. The Morgan fingerprint density at radius 1 is 1.36 bits per heavy atom. The fourth-order valence-electron chi connectivity index (χ4n) is 3.97. The summed E-state index contributed by atoms with van der Waals surface area (Å²) in [5, 5.41) is 11.4. The molecule has 0 aromatic carbocycles. The predicted molar refractivity (Wildman–Crippen MR) is 84.1 cm³/mol. The molecular formula is C14H25ClN6O. The second-order valence-electron chi connectivity index (χ2n) is 6.61. The van der Waals surface area contributed by atoms with E-state index >= 15 is 0 Å². The van der Waals surface area contributed by atoms with Crippen molar-refractivity contribution >= 4 is 18.3 Å². The number of hydrogen-bond acceptors (Lipinski definition) is 5. The van der Waals surface area contributed by atoms with E-state index in [4.69, 9.17) is 5.73 Å². The number of amides is 1. The molecule has 2 unspecified atom stereocenters. The number of carbonyl (C=O) groups is 1. The van der Waals surface area contributed by atoms with Gasteiger partial charge in [-0.15, -0.1) is 17.5 Å². The Balaban J connectivity index is 0.00000176. The number of nitrogens with zero attached hydrogens (tertiary/aromatic N) is 5. The van der Waals surface area contributed by atoms with Crippen LogP contribution in [-0.4, -0.2) is 44.1 Å². The van der Waals surface area contributed by atoms with Crippen LogP contribution in [0.4, 0.5) is 0 Å². The number of halogens is 1. The average Bonchev–Trinajstić information content (AvgIpc) is 2.83. The molecule has 3 rings (SSSR count). The van der Waals surface area contributed by atoms with Crippen molar-refractivity contribution in [3.8, 4) is 0 Å². The zero-order valence-electron chi connectivity index (χ0n) is 13.2. The molecular weight excluding hydrogens is 304 g/mol. The van der Waals surface area contributed by atoms with Crippen LogP contribution < -0.4 is 5.73 Å². The maximum absolute atomic E-state index is 12.7. The van der Waals surface area contributed by atoms with Crippen LogP contribution in [0.25, 0.3) is 0 Å². The Hall–Kier alpha value is -1.21. The third-order valence-electron chi connectivity index (χ3n) is 5.22. The quantitative estimate of drug-likeness (QED) is 0.884. The summed E-state index contributed by atoms with van der Waals surface area (Å²) in [7, 11) is 3.62. The second-order valence-corrected chi connectivity index (χ2v) is 6.61. The third kappa shape index (κ3) is 3.25. The molecule has 0 saturated heterocycles. The highest BCUT2D eigenvalue weighted by Crippen LogP contribution is 2.42. The van der Waals surface area contributed by atoms with Gasteiger partial charge in [0.15, 0.2) is 5.82 Å². The molecule has 0 aliphatic heterocycles. The molecule has 1 amide bonds. The van der Waals surface area contributed by atoms with Crippen LogP contribution in [0.1, 0.15) is 37.9 Å². The van der Waals surface area contributed by atoms with E-state index in [0.717, 1.165) is 12.8 Å². The number of fused-ring (bicyclic) bond motifs is 2. The Morgan fingerprint density at radius 3 is 2.55 bits per heavy atom. The predicted octanol–water partition coefficient (Wildman–Crippen LogP) is 0.744. The van der Waals surface area contributed by atoms with E-state index < -0.39 is 0 Å². The summed E-state index contributed by atoms with van der Waals surface area (Å²) in [5.41, 5.74) is 6.30. The lowest BCUT2D eigenvalue weighted by atomic mass is 9.65. The molecule has 2 aliphatic carbocycles. The van der Waals surface area contributed by atoms with Gasteiger partial charge in [0.05, 0.1) is 6.54 Å². The van der Waals surface area contributed by atoms with E-state index in [1.54, 1.807) is 16.6 Å². The zero-order chi connectivity index (χ0) is 15.0. The fraction of sp³-hybridized carbons (Fsp3) is 0.857. The topological polar surface area (TPSA) is 89.9 Å². The van der Waals surface area contributed by atoms with Crippen LogP contribution in [-0.2, 0) is 18.4 Å². The first kappa shape index (κ1) is 17.1. The Kier molecular flexibility index (Phi) is 5.39. The molecule has 7 nitrogen and oxygen atoms in total. The smallest absolute Gasteiger partial charge is 0.225 e. The van der Waals surface area contributed by atoms with Crippen molar-refractivity contribution in [2.45, 2.75) is 44.7 Å². The maximum Gasteiger partial charge on any atom is 0.225 e. The number of aryl methyl sites for hydroxylation is 1. The molecule has 1 heterocycles. The second kappa shape index (κ2) is 6.91. The fourth-order valence-corrected chi connectivity index (χ4v) is 3.97. The van der Waals surface area contributed by atoms with E-state index in [1.165, 1.54) is 19.3 Å². The molecule has 2 aliphatic rings. The Labute approximate surface area is 137 Å². The number of nitrogens with two attached hydrogens (primary N) is 1. The van der Waals surface area contributed by atoms with Crippen molar-refractivity contribution in [2.75, 3.05) is 7.05 Å². The van der Waals surface area contributed by atoms with Gasteiger partial charge in [-0.3, -0.25) is 4.79 Å². The first-order valence-electron chi connectivity index (χ1n) is 7.78. The van der Waals surface area contributed by atoms with Crippen molar-refractivity contribution in [1.82, 2.24) is 25.1 Å². The molecule has 2 atom stereocenters. The normalized spacial score (nSPS) is 30.5. The first-order chi connectivity index (χ1) is 10.1. The van der Waals surface area contributed by atoms with Gasteiger partial charge in [0.25, 0.3) is 0 Å². The molecule has 0 radical (unpaired) electrons. The van der Waals surface area contributed by atoms with Crippen molar-refractivity contribution in [3.63, 3.8) is 0 Å². The Morgan fingerprint density at radius 2 is 2.00 bits per heavy atom. The molecule has 2 fully saturated rings. The maximum atomic E-state index is 12.7. The van der Waals surface area contributed by atoms with Crippen molar-refractivity contribution in [1.29, 1.82) is 0 Å². The van der Waals surface area contributed by atoms with Crippen LogP contribution in [0.15, 0.2) is 0 Å². The first-order valence-corrected chi connectivity index (χ1v) is 7.78. The largest absolute Gasteiger partial charge is 0.338 e. The molecule has 0 spiro atoms. The monoisotopic (exact) mass is 328 g/mol. The number of tetrazole rings is 1.